The first-order valence-electron chi connectivity index (χ1n) is 7.70. The summed E-state index contributed by atoms with van der Waals surface area (Å²) in [5.41, 5.74) is 4.12. The van der Waals surface area contributed by atoms with Crippen molar-refractivity contribution in [2.45, 2.75) is 33.2 Å². The van der Waals surface area contributed by atoms with Crippen LogP contribution in [0.3, 0.4) is 0 Å². The molecular formula is C17H23N3S. The molecule has 0 amide bonds. The van der Waals surface area contributed by atoms with E-state index < -0.39 is 0 Å². The molecule has 0 unspecified atom stereocenters. The fourth-order valence-corrected chi connectivity index (χ4v) is 3.88. The average molecular weight is 301 g/mol. The van der Waals surface area contributed by atoms with Gasteiger partial charge in [-0.05, 0) is 44.9 Å². The van der Waals surface area contributed by atoms with Gasteiger partial charge in [0.2, 0.25) is 0 Å². The summed E-state index contributed by atoms with van der Waals surface area (Å²) in [7, 11) is 0. The van der Waals surface area contributed by atoms with E-state index in [9.17, 15) is 0 Å². The normalized spacial score (nSPS) is 13.7. The van der Waals surface area contributed by atoms with Gasteiger partial charge in [-0.1, -0.05) is 18.2 Å². The van der Waals surface area contributed by atoms with Crippen molar-refractivity contribution in [1.82, 2.24) is 10.3 Å². The third-order valence-corrected chi connectivity index (χ3v) is 5.12. The predicted octanol–water partition coefficient (Wildman–Crippen LogP) is 3.30. The minimum atomic E-state index is 0.952. The van der Waals surface area contributed by atoms with Crippen molar-refractivity contribution in [3.8, 4) is 0 Å². The third-order valence-electron chi connectivity index (χ3n) is 4.05. The van der Waals surface area contributed by atoms with Crippen LogP contribution in [0.5, 0.6) is 0 Å². The highest BCUT2D eigenvalue weighted by Crippen LogP contribution is 2.27. The molecular weight excluding hydrogens is 278 g/mol. The molecule has 1 aromatic heterocycles. The number of benzene rings is 1. The number of para-hydroxylation sites is 1. The highest BCUT2D eigenvalue weighted by Gasteiger charge is 2.17. The summed E-state index contributed by atoms with van der Waals surface area (Å²) in [6.07, 6.45) is 2.38. The molecule has 3 rings (SSSR count). The number of aromatic nitrogens is 1. The first kappa shape index (κ1) is 14.5. The van der Waals surface area contributed by atoms with Gasteiger partial charge in [0, 0.05) is 30.2 Å². The van der Waals surface area contributed by atoms with E-state index in [2.05, 4.69) is 53.3 Å². The van der Waals surface area contributed by atoms with Crippen molar-refractivity contribution in [3.05, 3.63) is 45.4 Å². The number of nitrogens with one attached hydrogen (secondary N) is 1. The van der Waals surface area contributed by atoms with E-state index in [1.807, 2.05) is 0 Å². The monoisotopic (exact) mass is 301 g/mol. The molecule has 4 heteroatoms. The molecule has 0 atom stereocenters. The second-order valence-electron chi connectivity index (χ2n) is 5.64. The van der Waals surface area contributed by atoms with Gasteiger partial charge >= 0.3 is 0 Å². The highest BCUT2D eigenvalue weighted by molar-refractivity contribution is 7.11. The number of aryl methyl sites for hydroxylation is 2. The zero-order valence-corrected chi connectivity index (χ0v) is 13.7. The number of anilines is 1. The molecule has 1 aromatic carbocycles. The number of nitrogens with zero attached hydrogens (tertiary/aromatic N) is 2. The Morgan fingerprint density at radius 2 is 2.14 bits per heavy atom. The van der Waals surface area contributed by atoms with E-state index in [4.69, 9.17) is 0 Å². The molecule has 0 saturated carbocycles. The van der Waals surface area contributed by atoms with E-state index in [0.29, 0.717) is 0 Å². The molecule has 0 bridgehead atoms. The minimum Gasteiger partial charge on any atom is -0.371 e. The van der Waals surface area contributed by atoms with Crippen LogP contribution >= 0.6 is 11.3 Å². The van der Waals surface area contributed by atoms with Crippen molar-refractivity contribution in [3.63, 3.8) is 0 Å². The van der Waals surface area contributed by atoms with Crippen LogP contribution in [0.15, 0.2) is 24.3 Å². The van der Waals surface area contributed by atoms with Crippen LogP contribution in [0.4, 0.5) is 5.69 Å². The van der Waals surface area contributed by atoms with E-state index >= 15 is 0 Å². The zero-order chi connectivity index (χ0) is 14.7. The fourth-order valence-electron chi connectivity index (χ4n) is 2.97. The molecule has 1 N–H and O–H groups in total. The lowest BCUT2D eigenvalue weighted by molar-refractivity contribution is 0.641. The quantitative estimate of drug-likeness (QED) is 0.830. The van der Waals surface area contributed by atoms with Gasteiger partial charge < -0.3 is 10.2 Å². The molecule has 1 aliphatic rings. The third kappa shape index (κ3) is 3.44. The first-order chi connectivity index (χ1) is 10.2. The molecule has 1 aliphatic heterocycles. The van der Waals surface area contributed by atoms with Gasteiger partial charge in [0.15, 0.2) is 0 Å². The number of hydrogen-bond acceptors (Lipinski definition) is 4. The van der Waals surface area contributed by atoms with E-state index in [1.165, 1.54) is 41.2 Å². The second kappa shape index (κ2) is 6.58. The molecule has 3 nitrogen and oxygen atoms in total. The Bertz CT molecular complexity index is 606. The first-order valence-corrected chi connectivity index (χ1v) is 8.52. The summed E-state index contributed by atoms with van der Waals surface area (Å²) in [4.78, 5) is 8.36. The van der Waals surface area contributed by atoms with E-state index in [0.717, 1.165) is 24.6 Å². The smallest absolute Gasteiger partial charge is 0.0900 e. The maximum atomic E-state index is 4.47. The number of rotatable bonds is 6. The topological polar surface area (TPSA) is 28.2 Å². The Kier molecular flexibility index (Phi) is 4.56. The Morgan fingerprint density at radius 1 is 1.29 bits per heavy atom. The summed E-state index contributed by atoms with van der Waals surface area (Å²) in [6, 6.07) is 8.79. The number of hydrogen-bond donors (Lipinski definition) is 1. The summed E-state index contributed by atoms with van der Waals surface area (Å²) in [6.45, 7) is 8.51. The Balaban J connectivity index is 1.40. The lowest BCUT2D eigenvalue weighted by Crippen LogP contribution is -2.25. The van der Waals surface area contributed by atoms with Gasteiger partial charge in [0.1, 0.15) is 0 Å². The highest BCUT2D eigenvalue weighted by atomic mass is 32.1. The zero-order valence-electron chi connectivity index (χ0n) is 12.9. The van der Waals surface area contributed by atoms with Gasteiger partial charge in [-0.3, -0.25) is 0 Å². The maximum absolute atomic E-state index is 4.47. The molecule has 0 radical (unpaired) electrons. The van der Waals surface area contributed by atoms with Crippen LogP contribution in [-0.2, 0) is 13.0 Å². The van der Waals surface area contributed by atoms with Gasteiger partial charge in [0.05, 0.1) is 10.7 Å². The summed E-state index contributed by atoms with van der Waals surface area (Å²) >= 11 is 1.80. The lowest BCUT2D eigenvalue weighted by atomic mass is 10.2. The van der Waals surface area contributed by atoms with Gasteiger partial charge in [-0.15, -0.1) is 11.3 Å². The predicted molar refractivity (Wildman–Crippen MR) is 90.3 cm³/mol. The SMILES string of the molecule is Cc1nc(C)c(CNCCCN2CCc3ccccc32)s1. The van der Waals surface area contributed by atoms with Crippen molar-refractivity contribution >= 4 is 17.0 Å². The van der Waals surface area contributed by atoms with Crippen molar-refractivity contribution in [1.29, 1.82) is 0 Å². The molecule has 2 aromatic rings. The van der Waals surface area contributed by atoms with Crippen LogP contribution in [-0.4, -0.2) is 24.6 Å². The Labute approximate surface area is 131 Å². The van der Waals surface area contributed by atoms with Crippen LogP contribution in [0.2, 0.25) is 0 Å². The van der Waals surface area contributed by atoms with Crippen molar-refractivity contribution < 1.29 is 0 Å². The Morgan fingerprint density at radius 3 is 2.95 bits per heavy atom. The fraction of sp³-hybridized carbons (Fsp3) is 0.471. The number of thiazole rings is 1. The average Bonchev–Trinajstić information content (AvgIpc) is 3.02. The molecule has 0 aliphatic carbocycles. The second-order valence-corrected chi connectivity index (χ2v) is 6.93. The van der Waals surface area contributed by atoms with E-state index in [1.54, 1.807) is 11.3 Å². The summed E-state index contributed by atoms with van der Waals surface area (Å²) in [5.74, 6) is 0. The van der Waals surface area contributed by atoms with Gasteiger partial charge in [0.25, 0.3) is 0 Å². The van der Waals surface area contributed by atoms with Crippen LogP contribution < -0.4 is 10.2 Å². The van der Waals surface area contributed by atoms with Crippen molar-refractivity contribution in [2.24, 2.45) is 0 Å². The van der Waals surface area contributed by atoms with E-state index in [-0.39, 0.29) is 0 Å². The molecule has 2 heterocycles. The Hall–Kier alpha value is -1.39. The summed E-state index contributed by atoms with van der Waals surface area (Å²) < 4.78 is 0. The molecule has 0 fully saturated rings. The standard InChI is InChI=1S/C17H23N3S/c1-13-17(21-14(2)19-13)12-18-9-5-10-20-11-8-15-6-3-4-7-16(15)20/h3-4,6-7,18H,5,8-12H2,1-2H3. The van der Waals surface area contributed by atoms with Crippen LogP contribution in [0.25, 0.3) is 0 Å². The molecule has 21 heavy (non-hydrogen) atoms. The van der Waals surface area contributed by atoms with Crippen molar-refractivity contribution in [2.75, 3.05) is 24.5 Å². The molecule has 0 spiro atoms. The molecule has 112 valence electrons. The largest absolute Gasteiger partial charge is 0.371 e. The summed E-state index contributed by atoms with van der Waals surface area (Å²) in [5, 5.41) is 4.71. The van der Waals surface area contributed by atoms with Gasteiger partial charge in [-0.2, -0.15) is 0 Å². The van der Waals surface area contributed by atoms with Crippen LogP contribution in [0, 0.1) is 13.8 Å². The molecule has 0 saturated heterocycles. The van der Waals surface area contributed by atoms with Crippen LogP contribution in [0.1, 0.15) is 27.6 Å². The maximum Gasteiger partial charge on any atom is 0.0900 e. The van der Waals surface area contributed by atoms with Gasteiger partial charge in [-0.25, -0.2) is 4.98 Å². The number of fused-ring (bicyclic) bond motifs is 1. The minimum absolute atomic E-state index is 0.952. The lowest BCUT2D eigenvalue weighted by Gasteiger charge is -2.19.